The number of anilines is 1. The molecular weight excluding hydrogens is 317 g/mol. The number of nitrogens with zero attached hydrogens (tertiary/aromatic N) is 2. The summed E-state index contributed by atoms with van der Waals surface area (Å²) in [6.07, 6.45) is 2.92. The Bertz CT molecular complexity index is 777. The van der Waals surface area contributed by atoms with Crippen LogP contribution >= 0.6 is 0 Å². The van der Waals surface area contributed by atoms with Crippen molar-refractivity contribution in [1.29, 1.82) is 0 Å². The quantitative estimate of drug-likeness (QED) is 0.869. The fourth-order valence-electron chi connectivity index (χ4n) is 2.63. The van der Waals surface area contributed by atoms with Gasteiger partial charge in [0.2, 0.25) is 0 Å². The molecule has 1 fully saturated rings. The number of benzene rings is 1. The van der Waals surface area contributed by atoms with Gasteiger partial charge < -0.3 is 14.6 Å². The van der Waals surface area contributed by atoms with Crippen molar-refractivity contribution in [2.24, 2.45) is 0 Å². The van der Waals surface area contributed by atoms with Crippen LogP contribution in [0, 0.1) is 6.92 Å². The molecule has 1 aromatic carbocycles. The first kappa shape index (κ1) is 17.6. The van der Waals surface area contributed by atoms with E-state index in [2.05, 4.69) is 15.5 Å². The van der Waals surface area contributed by atoms with Crippen molar-refractivity contribution in [3.05, 3.63) is 47.8 Å². The summed E-state index contributed by atoms with van der Waals surface area (Å²) in [5.74, 6) is -0.236. The molecule has 1 aliphatic heterocycles. The van der Waals surface area contributed by atoms with Crippen LogP contribution in [0.4, 0.5) is 5.69 Å². The van der Waals surface area contributed by atoms with Crippen LogP contribution in [0.25, 0.3) is 0 Å². The van der Waals surface area contributed by atoms with Gasteiger partial charge >= 0.3 is 7.12 Å². The molecule has 3 rings (SSSR count). The second-order valence-corrected chi connectivity index (χ2v) is 7.31. The molecule has 0 spiro atoms. The topological polar surface area (TPSA) is 73.3 Å². The van der Waals surface area contributed by atoms with Gasteiger partial charge in [-0.2, -0.15) is 10.2 Å². The Balaban J connectivity index is 1.83. The van der Waals surface area contributed by atoms with Crippen LogP contribution in [0.15, 0.2) is 36.7 Å². The number of aryl methyl sites for hydroxylation is 1. The molecule has 0 radical (unpaired) electrons. The van der Waals surface area contributed by atoms with Crippen molar-refractivity contribution in [2.75, 3.05) is 5.32 Å². The van der Waals surface area contributed by atoms with Gasteiger partial charge in [0, 0.05) is 5.69 Å². The molecule has 1 aliphatic rings. The summed E-state index contributed by atoms with van der Waals surface area (Å²) in [4.78, 5) is 12.3. The Hall–Kier alpha value is -2.25. The molecule has 0 unspecified atom stereocenters. The lowest BCUT2D eigenvalue weighted by Crippen LogP contribution is -2.41. The smallest absolute Gasteiger partial charge is 0.399 e. The molecule has 0 saturated carbocycles. The van der Waals surface area contributed by atoms with E-state index in [1.807, 2.05) is 52.8 Å². The minimum absolute atomic E-state index is 0.236. The van der Waals surface area contributed by atoms with E-state index in [-0.39, 0.29) is 5.91 Å². The van der Waals surface area contributed by atoms with Crippen LogP contribution in [-0.2, 0) is 9.31 Å². The number of rotatable bonds is 3. The lowest BCUT2D eigenvalue weighted by atomic mass is 9.78. The van der Waals surface area contributed by atoms with Crippen molar-refractivity contribution in [2.45, 2.75) is 45.8 Å². The zero-order valence-electron chi connectivity index (χ0n) is 15.2. The predicted octanol–water partition coefficient (Wildman–Crippen LogP) is 2.34. The molecule has 0 atom stereocenters. The van der Waals surface area contributed by atoms with Crippen LogP contribution < -0.4 is 10.8 Å². The summed E-state index contributed by atoms with van der Waals surface area (Å²) in [7, 11) is -0.469. The molecule has 2 aromatic rings. The first-order valence-corrected chi connectivity index (χ1v) is 8.23. The van der Waals surface area contributed by atoms with Crippen LogP contribution in [-0.4, -0.2) is 34.4 Å². The molecule has 0 aliphatic carbocycles. The van der Waals surface area contributed by atoms with Gasteiger partial charge in [-0.15, -0.1) is 0 Å². The fraction of sp³-hybridized carbons (Fsp3) is 0.389. The minimum Gasteiger partial charge on any atom is -0.399 e. The zero-order valence-corrected chi connectivity index (χ0v) is 15.2. The molecule has 6 nitrogen and oxygen atoms in total. The molecule has 25 heavy (non-hydrogen) atoms. The van der Waals surface area contributed by atoms with E-state index < -0.39 is 18.3 Å². The molecular formula is C18H22BN3O3. The first-order chi connectivity index (χ1) is 11.7. The molecule has 130 valence electrons. The van der Waals surface area contributed by atoms with E-state index in [0.717, 1.165) is 11.0 Å². The lowest BCUT2D eigenvalue weighted by Gasteiger charge is -2.32. The van der Waals surface area contributed by atoms with Crippen LogP contribution in [0.3, 0.4) is 0 Å². The highest BCUT2D eigenvalue weighted by Gasteiger charge is 2.51. The Morgan fingerprint density at radius 1 is 1.08 bits per heavy atom. The van der Waals surface area contributed by atoms with E-state index in [4.69, 9.17) is 9.31 Å². The number of hydrogen-bond donors (Lipinski definition) is 1. The van der Waals surface area contributed by atoms with Gasteiger partial charge in [-0.25, -0.2) is 0 Å². The molecule has 1 aromatic heterocycles. The number of amides is 1. The minimum atomic E-state index is -0.469. The Morgan fingerprint density at radius 2 is 1.76 bits per heavy atom. The summed E-state index contributed by atoms with van der Waals surface area (Å²) in [6.45, 7) is 10.0. The van der Waals surface area contributed by atoms with Gasteiger partial charge in [0.05, 0.1) is 29.2 Å². The summed E-state index contributed by atoms with van der Waals surface area (Å²) in [5.41, 5.74) is 2.21. The van der Waals surface area contributed by atoms with E-state index in [1.54, 1.807) is 6.07 Å². The number of aromatic nitrogens is 2. The number of hydrogen-bond acceptors (Lipinski definition) is 5. The summed E-state index contributed by atoms with van der Waals surface area (Å²) in [6, 6.07) is 7.40. The first-order valence-electron chi connectivity index (χ1n) is 8.23. The molecule has 1 amide bonds. The largest absolute Gasteiger partial charge is 0.494 e. The summed E-state index contributed by atoms with van der Waals surface area (Å²) >= 11 is 0. The highest BCUT2D eigenvalue weighted by Crippen LogP contribution is 2.36. The van der Waals surface area contributed by atoms with E-state index in [9.17, 15) is 4.79 Å². The molecule has 2 heterocycles. The van der Waals surface area contributed by atoms with Crippen LogP contribution in [0.2, 0.25) is 0 Å². The monoisotopic (exact) mass is 339 g/mol. The van der Waals surface area contributed by atoms with Crippen molar-refractivity contribution < 1.29 is 14.1 Å². The highest BCUT2D eigenvalue weighted by molar-refractivity contribution is 6.62. The Labute approximate surface area is 148 Å². The van der Waals surface area contributed by atoms with Gasteiger partial charge in [-0.1, -0.05) is 6.07 Å². The standard InChI is InChI=1S/C18H22BN3O3/c1-12-8-14(19-24-17(2,3)18(4,5)25-19)10-15(9-12)22-16(23)13-6-7-20-21-11-13/h6-11H,1-5H3,(H,22,23). The van der Waals surface area contributed by atoms with E-state index >= 15 is 0 Å². The van der Waals surface area contributed by atoms with Crippen LogP contribution in [0.5, 0.6) is 0 Å². The lowest BCUT2D eigenvalue weighted by molar-refractivity contribution is 0.00578. The third-order valence-corrected chi connectivity index (χ3v) is 4.73. The maximum atomic E-state index is 12.3. The van der Waals surface area contributed by atoms with Gasteiger partial charge in [0.15, 0.2) is 0 Å². The third-order valence-electron chi connectivity index (χ3n) is 4.73. The van der Waals surface area contributed by atoms with E-state index in [1.165, 1.54) is 12.4 Å². The molecule has 0 bridgehead atoms. The van der Waals surface area contributed by atoms with Gasteiger partial charge in [0.25, 0.3) is 5.91 Å². The number of carbonyl (C=O) groups is 1. The number of carbonyl (C=O) groups excluding carboxylic acids is 1. The maximum absolute atomic E-state index is 12.3. The van der Waals surface area contributed by atoms with E-state index in [0.29, 0.717) is 11.3 Å². The SMILES string of the molecule is Cc1cc(NC(=O)c2ccnnc2)cc(B2OC(C)(C)C(C)(C)O2)c1. The maximum Gasteiger partial charge on any atom is 0.494 e. The molecule has 1 N–H and O–H groups in total. The van der Waals surface area contributed by atoms with Crippen molar-refractivity contribution >= 4 is 24.2 Å². The second kappa shape index (κ2) is 6.24. The van der Waals surface area contributed by atoms with Crippen molar-refractivity contribution in [3.8, 4) is 0 Å². The molecule has 1 saturated heterocycles. The van der Waals surface area contributed by atoms with Gasteiger partial charge in [0.1, 0.15) is 0 Å². The average Bonchev–Trinajstić information content (AvgIpc) is 2.76. The fourth-order valence-corrected chi connectivity index (χ4v) is 2.63. The normalized spacial score (nSPS) is 18.2. The van der Waals surface area contributed by atoms with Gasteiger partial charge in [-0.3, -0.25) is 4.79 Å². The summed E-state index contributed by atoms with van der Waals surface area (Å²) in [5, 5.41) is 10.3. The summed E-state index contributed by atoms with van der Waals surface area (Å²) < 4.78 is 12.2. The third kappa shape index (κ3) is 3.57. The van der Waals surface area contributed by atoms with Crippen molar-refractivity contribution in [3.63, 3.8) is 0 Å². The molecule has 7 heteroatoms. The predicted molar refractivity (Wildman–Crippen MR) is 96.9 cm³/mol. The Kier molecular flexibility index (Phi) is 4.39. The average molecular weight is 339 g/mol. The van der Waals surface area contributed by atoms with Gasteiger partial charge in [-0.05, 0) is 63.8 Å². The van der Waals surface area contributed by atoms with Crippen LogP contribution in [0.1, 0.15) is 43.6 Å². The van der Waals surface area contributed by atoms with Crippen molar-refractivity contribution in [1.82, 2.24) is 10.2 Å². The Morgan fingerprint density at radius 3 is 2.36 bits per heavy atom. The number of nitrogens with one attached hydrogen (secondary N) is 1. The second-order valence-electron chi connectivity index (χ2n) is 7.31. The zero-order chi connectivity index (χ0) is 18.2. The highest BCUT2D eigenvalue weighted by atomic mass is 16.7.